The fraction of sp³-hybridized carbons (Fsp3) is 0.304. The number of aryl methyl sites for hydroxylation is 2. The molecule has 154 valence electrons. The molecule has 0 aliphatic heterocycles. The fourth-order valence-corrected chi connectivity index (χ4v) is 3.07. The van der Waals surface area contributed by atoms with Crippen molar-refractivity contribution >= 4 is 11.8 Å². The van der Waals surface area contributed by atoms with Gasteiger partial charge in [0, 0.05) is 6.20 Å². The van der Waals surface area contributed by atoms with Gasteiger partial charge < -0.3 is 21.5 Å². The van der Waals surface area contributed by atoms with Crippen molar-refractivity contribution in [3.8, 4) is 5.75 Å². The molecule has 0 spiro atoms. The second kappa shape index (κ2) is 10.4. The van der Waals surface area contributed by atoms with Crippen molar-refractivity contribution in [2.45, 2.75) is 45.7 Å². The zero-order chi connectivity index (χ0) is 21.4. The molecular weight excluding hydrogens is 366 g/mol. The second-order valence-electron chi connectivity index (χ2n) is 7.20. The topological polar surface area (TPSA) is 104 Å². The third kappa shape index (κ3) is 6.76. The first-order valence-electron chi connectivity index (χ1n) is 9.62. The average Bonchev–Trinajstić information content (AvgIpc) is 2.68. The summed E-state index contributed by atoms with van der Waals surface area (Å²) in [4.78, 5) is 24.6. The van der Waals surface area contributed by atoms with Crippen LogP contribution in [0.5, 0.6) is 5.75 Å². The van der Waals surface area contributed by atoms with E-state index >= 15 is 0 Å². The number of rotatable bonds is 8. The summed E-state index contributed by atoms with van der Waals surface area (Å²) < 4.78 is 0. The molecule has 6 nitrogen and oxygen atoms in total. The van der Waals surface area contributed by atoms with Crippen LogP contribution in [-0.4, -0.2) is 29.0 Å². The molecule has 0 aromatic heterocycles. The number of hydrogen-bond donors (Lipinski definition) is 4. The molecule has 0 aliphatic carbocycles. The van der Waals surface area contributed by atoms with Crippen LogP contribution in [0.2, 0.25) is 0 Å². The summed E-state index contributed by atoms with van der Waals surface area (Å²) in [5.41, 5.74) is 9.86. The summed E-state index contributed by atoms with van der Waals surface area (Å²) >= 11 is 0. The largest absolute Gasteiger partial charge is 0.508 e. The van der Waals surface area contributed by atoms with Crippen LogP contribution >= 0.6 is 0 Å². The van der Waals surface area contributed by atoms with Crippen LogP contribution < -0.4 is 16.4 Å². The Kier molecular flexibility index (Phi) is 7.98. The zero-order valence-electron chi connectivity index (χ0n) is 17.1. The molecule has 2 rings (SSSR count). The molecule has 2 atom stereocenters. The van der Waals surface area contributed by atoms with E-state index in [2.05, 4.69) is 10.6 Å². The first-order valence-corrected chi connectivity index (χ1v) is 9.62. The molecular formula is C23H29N3O3. The van der Waals surface area contributed by atoms with Gasteiger partial charge in [-0.1, -0.05) is 36.4 Å². The maximum absolute atomic E-state index is 12.4. The van der Waals surface area contributed by atoms with E-state index < -0.39 is 18.0 Å². The summed E-state index contributed by atoms with van der Waals surface area (Å²) in [6, 6.07) is 11.7. The van der Waals surface area contributed by atoms with Gasteiger partial charge in [-0.15, -0.1) is 0 Å². The van der Waals surface area contributed by atoms with Crippen LogP contribution in [0.15, 0.2) is 54.7 Å². The van der Waals surface area contributed by atoms with Crippen LogP contribution in [0.25, 0.3) is 0 Å². The molecule has 0 unspecified atom stereocenters. The average molecular weight is 396 g/mol. The molecule has 0 bridgehead atoms. The summed E-state index contributed by atoms with van der Waals surface area (Å²) in [6.45, 7) is 5.34. The van der Waals surface area contributed by atoms with Gasteiger partial charge in [0.15, 0.2) is 0 Å². The standard InChI is InChI=1S/C23H29N3O3/c1-15-12-19(27)13-16(2)20(15)14-21(24)23(29)26-17(3)22(28)25-11-7-10-18-8-5-4-6-9-18/h4-9,11-13,17,21,27H,10,14,24H2,1-3H3,(H,25,28)(H,26,29)/t17-,21-/m1/s1. The van der Waals surface area contributed by atoms with E-state index in [4.69, 9.17) is 5.73 Å². The smallest absolute Gasteiger partial charge is 0.246 e. The predicted octanol–water partition coefficient (Wildman–Crippen LogP) is 2.26. The number of hydrogen-bond acceptors (Lipinski definition) is 4. The van der Waals surface area contributed by atoms with Gasteiger partial charge >= 0.3 is 0 Å². The van der Waals surface area contributed by atoms with Gasteiger partial charge in [0.25, 0.3) is 0 Å². The molecule has 0 heterocycles. The van der Waals surface area contributed by atoms with Crippen LogP contribution in [0.4, 0.5) is 0 Å². The highest BCUT2D eigenvalue weighted by molar-refractivity contribution is 5.89. The normalized spacial score (nSPS) is 13.1. The number of benzene rings is 2. The number of amides is 2. The highest BCUT2D eigenvalue weighted by Gasteiger charge is 2.21. The summed E-state index contributed by atoms with van der Waals surface area (Å²) in [7, 11) is 0. The molecule has 2 amide bonds. The third-order valence-electron chi connectivity index (χ3n) is 4.73. The monoisotopic (exact) mass is 395 g/mol. The summed E-state index contributed by atoms with van der Waals surface area (Å²) in [6.07, 6.45) is 4.47. The Morgan fingerprint density at radius 3 is 2.34 bits per heavy atom. The van der Waals surface area contributed by atoms with Gasteiger partial charge in [-0.05, 0) is 68.0 Å². The quantitative estimate of drug-likeness (QED) is 0.550. The molecule has 2 aromatic rings. The fourth-order valence-electron chi connectivity index (χ4n) is 3.07. The number of nitrogens with one attached hydrogen (secondary N) is 2. The molecule has 6 heteroatoms. The van der Waals surface area contributed by atoms with E-state index in [0.29, 0.717) is 12.8 Å². The van der Waals surface area contributed by atoms with Gasteiger partial charge in [-0.3, -0.25) is 9.59 Å². The number of phenolic OH excluding ortho intramolecular Hbond substituents is 1. The van der Waals surface area contributed by atoms with Crippen molar-refractivity contribution in [2.24, 2.45) is 5.73 Å². The Morgan fingerprint density at radius 1 is 1.10 bits per heavy atom. The Hall–Kier alpha value is -3.12. The van der Waals surface area contributed by atoms with Crippen molar-refractivity contribution in [2.75, 3.05) is 0 Å². The van der Waals surface area contributed by atoms with Crippen LogP contribution in [0.1, 0.15) is 29.2 Å². The lowest BCUT2D eigenvalue weighted by Gasteiger charge is -2.18. The minimum Gasteiger partial charge on any atom is -0.508 e. The molecule has 0 saturated heterocycles. The first-order chi connectivity index (χ1) is 13.8. The summed E-state index contributed by atoms with van der Waals surface area (Å²) in [5, 5.41) is 15.0. The van der Waals surface area contributed by atoms with Gasteiger partial charge in [0.05, 0.1) is 6.04 Å². The van der Waals surface area contributed by atoms with Crippen LogP contribution in [0.3, 0.4) is 0 Å². The highest BCUT2D eigenvalue weighted by Crippen LogP contribution is 2.21. The van der Waals surface area contributed by atoms with Gasteiger partial charge in [0.1, 0.15) is 11.8 Å². The lowest BCUT2D eigenvalue weighted by molar-refractivity contribution is -0.128. The van der Waals surface area contributed by atoms with E-state index in [1.165, 1.54) is 0 Å². The Bertz CT molecular complexity index is 855. The lowest BCUT2D eigenvalue weighted by Crippen LogP contribution is -2.50. The van der Waals surface area contributed by atoms with E-state index in [-0.39, 0.29) is 11.7 Å². The molecule has 2 aromatic carbocycles. The van der Waals surface area contributed by atoms with Crippen molar-refractivity contribution in [1.82, 2.24) is 10.6 Å². The SMILES string of the molecule is Cc1cc(O)cc(C)c1C[C@@H](N)C(=O)N[C@H](C)C(=O)NC=CCc1ccccc1. The molecule has 0 aliphatic rings. The van der Waals surface area contributed by atoms with E-state index in [1.807, 2.05) is 50.3 Å². The zero-order valence-corrected chi connectivity index (χ0v) is 17.1. The molecule has 0 radical (unpaired) electrons. The first kappa shape index (κ1) is 22.2. The summed E-state index contributed by atoms with van der Waals surface area (Å²) in [5.74, 6) is -0.521. The number of phenols is 1. The highest BCUT2D eigenvalue weighted by atomic mass is 16.3. The Labute approximate surface area is 171 Å². The Morgan fingerprint density at radius 2 is 1.72 bits per heavy atom. The molecule has 0 saturated carbocycles. The number of allylic oxidation sites excluding steroid dienone is 1. The van der Waals surface area contributed by atoms with Crippen molar-refractivity contribution in [3.63, 3.8) is 0 Å². The lowest BCUT2D eigenvalue weighted by atomic mass is 9.96. The number of nitrogens with two attached hydrogens (primary N) is 1. The van der Waals surface area contributed by atoms with Crippen LogP contribution in [0, 0.1) is 13.8 Å². The second-order valence-corrected chi connectivity index (χ2v) is 7.20. The van der Waals surface area contributed by atoms with Crippen molar-refractivity contribution in [3.05, 3.63) is 77.0 Å². The Balaban J connectivity index is 1.83. The number of carbonyl (C=O) groups is 2. The third-order valence-corrected chi connectivity index (χ3v) is 4.73. The minimum absolute atomic E-state index is 0.187. The van der Waals surface area contributed by atoms with E-state index in [9.17, 15) is 14.7 Å². The number of aromatic hydroxyl groups is 1. The van der Waals surface area contributed by atoms with Gasteiger partial charge in [0.2, 0.25) is 11.8 Å². The molecule has 29 heavy (non-hydrogen) atoms. The molecule has 5 N–H and O–H groups in total. The number of carbonyl (C=O) groups excluding carboxylic acids is 2. The van der Waals surface area contributed by atoms with Crippen molar-refractivity contribution in [1.29, 1.82) is 0 Å². The molecule has 0 fully saturated rings. The van der Waals surface area contributed by atoms with E-state index in [1.54, 1.807) is 25.3 Å². The maximum Gasteiger partial charge on any atom is 0.246 e. The van der Waals surface area contributed by atoms with Crippen molar-refractivity contribution < 1.29 is 14.7 Å². The van der Waals surface area contributed by atoms with Crippen LogP contribution in [-0.2, 0) is 22.4 Å². The maximum atomic E-state index is 12.4. The van der Waals surface area contributed by atoms with E-state index in [0.717, 1.165) is 22.3 Å². The van der Waals surface area contributed by atoms with Gasteiger partial charge in [-0.2, -0.15) is 0 Å². The minimum atomic E-state index is -0.791. The predicted molar refractivity (Wildman–Crippen MR) is 114 cm³/mol. The van der Waals surface area contributed by atoms with Gasteiger partial charge in [-0.25, -0.2) is 0 Å².